The molecule has 2 heterocycles. The van der Waals surface area contributed by atoms with Crippen molar-refractivity contribution in [3.8, 4) is 11.6 Å². The fraction of sp³-hybridized carbons (Fsp3) is 0.538. The van der Waals surface area contributed by atoms with Crippen molar-refractivity contribution in [3.63, 3.8) is 0 Å². The molecule has 2 aromatic rings. The lowest BCUT2D eigenvalue weighted by atomic mass is 10.3. The normalized spacial score (nSPS) is 11.3. The zero-order chi connectivity index (χ0) is 13.5. The maximum absolute atomic E-state index is 9.05. The molecule has 0 bridgehead atoms. The first-order valence-electron chi connectivity index (χ1n) is 6.53. The fourth-order valence-electron chi connectivity index (χ4n) is 1.81. The Morgan fingerprint density at radius 3 is 2.95 bits per heavy atom. The summed E-state index contributed by atoms with van der Waals surface area (Å²) in [6.45, 7) is 4.34. The molecule has 0 aromatic carbocycles. The van der Waals surface area contributed by atoms with E-state index in [2.05, 4.69) is 22.0 Å². The highest BCUT2D eigenvalue weighted by Crippen LogP contribution is 2.16. The van der Waals surface area contributed by atoms with Gasteiger partial charge in [-0.2, -0.15) is 4.98 Å². The zero-order valence-electron chi connectivity index (χ0n) is 11.1. The summed E-state index contributed by atoms with van der Waals surface area (Å²) in [6, 6.07) is 3.57. The molecule has 0 radical (unpaired) electrons. The Hall–Kier alpha value is -1.66. The largest absolute Gasteiger partial charge is 0.461 e. The summed E-state index contributed by atoms with van der Waals surface area (Å²) in [6.07, 6.45) is 3.77. The van der Waals surface area contributed by atoms with Crippen molar-refractivity contribution in [1.82, 2.24) is 15.0 Å². The van der Waals surface area contributed by atoms with Gasteiger partial charge in [0, 0.05) is 6.54 Å². The van der Waals surface area contributed by atoms with E-state index >= 15 is 0 Å². The third-order valence-corrected chi connectivity index (χ3v) is 2.81. The number of aliphatic hydroxyl groups excluding tert-OH is 1. The van der Waals surface area contributed by atoms with Gasteiger partial charge in [-0.05, 0) is 25.1 Å². The molecule has 0 spiro atoms. The molecular weight excluding hydrogens is 246 g/mol. The van der Waals surface area contributed by atoms with Crippen molar-refractivity contribution < 1.29 is 14.0 Å². The average molecular weight is 265 g/mol. The van der Waals surface area contributed by atoms with Crippen molar-refractivity contribution in [1.29, 1.82) is 0 Å². The average Bonchev–Trinajstić information content (AvgIpc) is 3.06. The van der Waals surface area contributed by atoms with Crippen LogP contribution in [0.15, 0.2) is 27.3 Å². The first kappa shape index (κ1) is 13.8. The van der Waals surface area contributed by atoms with Crippen molar-refractivity contribution in [2.75, 3.05) is 19.7 Å². The van der Waals surface area contributed by atoms with Crippen LogP contribution in [0.1, 0.15) is 25.7 Å². The van der Waals surface area contributed by atoms with Gasteiger partial charge in [0.25, 0.3) is 0 Å². The second-order valence-corrected chi connectivity index (χ2v) is 4.34. The molecule has 0 aliphatic rings. The first-order valence-corrected chi connectivity index (χ1v) is 6.53. The van der Waals surface area contributed by atoms with E-state index in [1.807, 2.05) is 0 Å². The van der Waals surface area contributed by atoms with Gasteiger partial charge in [-0.1, -0.05) is 18.5 Å². The quantitative estimate of drug-likeness (QED) is 0.786. The highest BCUT2D eigenvalue weighted by Gasteiger charge is 2.13. The number of aromatic nitrogens is 2. The number of hydrogen-bond donors (Lipinski definition) is 1. The Morgan fingerprint density at radius 1 is 1.37 bits per heavy atom. The van der Waals surface area contributed by atoms with E-state index in [-0.39, 0.29) is 6.61 Å². The highest BCUT2D eigenvalue weighted by atomic mass is 16.5. The van der Waals surface area contributed by atoms with Crippen LogP contribution in [0.5, 0.6) is 0 Å². The van der Waals surface area contributed by atoms with E-state index in [1.54, 1.807) is 18.4 Å². The number of hydrogen-bond acceptors (Lipinski definition) is 6. The van der Waals surface area contributed by atoms with Gasteiger partial charge in [-0.15, -0.1) is 0 Å². The Balaban J connectivity index is 1.97. The standard InChI is InChI=1S/C13H19N3O3/c1-2-3-6-16(7-8-17)10-12-14-13(15-19-12)11-5-4-9-18-11/h4-5,9,17H,2-3,6-8,10H2,1H3. The molecule has 0 fully saturated rings. The molecule has 2 rings (SSSR count). The smallest absolute Gasteiger partial charge is 0.241 e. The molecule has 0 saturated heterocycles. The minimum absolute atomic E-state index is 0.128. The van der Waals surface area contributed by atoms with Gasteiger partial charge in [0.1, 0.15) is 0 Å². The molecule has 104 valence electrons. The predicted octanol–water partition coefficient (Wildman–Crippen LogP) is 1.92. The van der Waals surface area contributed by atoms with Crippen molar-refractivity contribution in [2.24, 2.45) is 0 Å². The van der Waals surface area contributed by atoms with Crippen LogP contribution in [0.25, 0.3) is 11.6 Å². The molecule has 0 aliphatic carbocycles. The maximum atomic E-state index is 9.05. The molecule has 0 amide bonds. The minimum Gasteiger partial charge on any atom is -0.461 e. The van der Waals surface area contributed by atoms with Crippen LogP contribution in [0.2, 0.25) is 0 Å². The molecular formula is C13H19N3O3. The molecule has 6 heteroatoms. The zero-order valence-corrected chi connectivity index (χ0v) is 11.1. The molecule has 0 saturated carbocycles. The van der Waals surface area contributed by atoms with E-state index < -0.39 is 0 Å². The third kappa shape index (κ3) is 3.90. The van der Waals surface area contributed by atoms with Crippen molar-refractivity contribution in [3.05, 3.63) is 24.3 Å². The fourth-order valence-corrected chi connectivity index (χ4v) is 1.81. The van der Waals surface area contributed by atoms with Gasteiger partial charge in [-0.25, -0.2) is 0 Å². The third-order valence-electron chi connectivity index (χ3n) is 2.81. The summed E-state index contributed by atoms with van der Waals surface area (Å²) in [5.74, 6) is 1.59. The lowest BCUT2D eigenvalue weighted by Gasteiger charge is -2.18. The van der Waals surface area contributed by atoms with Crippen LogP contribution in [0, 0.1) is 0 Å². The van der Waals surface area contributed by atoms with Crippen LogP contribution in [-0.4, -0.2) is 39.8 Å². The highest BCUT2D eigenvalue weighted by molar-refractivity contribution is 5.44. The summed E-state index contributed by atoms with van der Waals surface area (Å²) in [7, 11) is 0. The molecule has 19 heavy (non-hydrogen) atoms. The van der Waals surface area contributed by atoms with Gasteiger partial charge < -0.3 is 14.0 Å². The Morgan fingerprint density at radius 2 is 2.26 bits per heavy atom. The Labute approximate surface area is 112 Å². The van der Waals surface area contributed by atoms with E-state index in [0.717, 1.165) is 19.4 Å². The van der Waals surface area contributed by atoms with Crippen LogP contribution >= 0.6 is 0 Å². The van der Waals surface area contributed by atoms with Crippen LogP contribution in [0.4, 0.5) is 0 Å². The summed E-state index contributed by atoms with van der Waals surface area (Å²) in [5, 5.41) is 12.9. The minimum atomic E-state index is 0.128. The van der Waals surface area contributed by atoms with Crippen molar-refractivity contribution >= 4 is 0 Å². The molecule has 2 aromatic heterocycles. The lowest BCUT2D eigenvalue weighted by molar-refractivity contribution is 0.172. The summed E-state index contributed by atoms with van der Waals surface area (Å²) < 4.78 is 10.4. The summed E-state index contributed by atoms with van der Waals surface area (Å²) in [5.41, 5.74) is 0. The number of furan rings is 1. The lowest BCUT2D eigenvalue weighted by Crippen LogP contribution is -2.27. The van der Waals surface area contributed by atoms with Crippen LogP contribution in [-0.2, 0) is 6.54 Å². The molecule has 6 nitrogen and oxygen atoms in total. The number of nitrogens with zero attached hydrogens (tertiary/aromatic N) is 3. The summed E-state index contributed by atoms with van der Waals surface area (Å²) in [4.78, 5) is 6.39. The second kappa shape index (κ2) is 7.06. The molecule has 0 aliphatic heterocycles. The van der Waals surface area contributed by atoms with Crippen molar-refractivity contribution in [2.45, 2.75) is 26.3 Å². The summed E-state index contributed by atoms with van der Waals surface area (Å²) >= 11 is 0. The number of aliphatic hydroxyl groups is 1. The predicted molar refractivity (Wildman–Crippen MR) is 69.3 cm³/mol. The van der Waals surface area contributed by atoms with E-state index in [9.17, 15) is 0 Å². The Bertz CT molecular complexity index is 467. The topological polar surface area (TPSA) is 75.5 Å². The maximum Gasteiger partial charge on any atom is 0.241 e. The van der Waals surface area contributed by atoms with Crippen LogP contribution < -0.4 is 0 Å². The van der Waals surface area contributed by atoms with Gasteiger partial charge >= 0.3 is 0 Å². The Kier molecular flexibility index (Phi) is 5.11. The van der Waals surface area contributed by atoms with Gasteiger partial charge in [0.15, 0.2) is 5.76 Å². The van der Waals surface area contributed by atoms with E-state index in [1.165, 1.54) is 0 Å². The number of rotatable bonds is 8. The van der Waals surface area contributed by atoms with Crippen LogP contribution in [0.3, 0.4) is 0 Å². The van der Waals surface area contributed by atoms with Gasteiger partial charge in [0.05, 0.1) is 19.4 Å². The number of unbranched alkanes of at least 4 members (excludes halogenated alkanes) is 1. The second-order valence-electron chi connectivity index (χ2n) is 4.34. The molecule has 0 unspecified atom stereocenters. The SMILES string of the molecule is CCCCN(CCO)Cc1nc(-c2ccco2)no1. The molecule has 1 N–H and O–H groups in total. The van der Waals surface area contributed by atoms with Gasteiger partial charge in [0.2, 0.25) is 11.7 Å². The molecule has 0 atom stereocenters. The van der Waals surface area contributed by atoms with E-state index in [4.69, 9.17) is 14.0 Å². The van der Waals surface area contributed by atoms with E-state index in [0.29, 0.717) is 30.6 Å². The van der Waals surface area contributed by atoms with Gasteiger partial charge in [-0.3, -0.25) is 4.90 Å². The first-order chi connectivity index (χ1) is 9.33. The monoisotopic (exact) mass is 265 g/mol.